The van der Waals surface area contributed by atoms with Crippen molar-refractivity contribution in [2.45, 2.75) is 26.3 Å². The maximum Gasteiger partial charge on any atom is 0.226 e. The molecule has 0 radical (unpaired) electrons. The van der Waals surface area contributed by atoms with Crippen molar-refractivity contribution in [2.24, 2.45) is 0 Å². The van der Waals surface area contributed by atoms with Gasteiger partial charge >= 0.3 is 0 Å². The monoisotopic (exact) mass is 453 g/mol. The Morgan fingerprint density at radius 2 is 2.03 bits per heavy atom. The molecule has 1 aromatic carbocycles. The quantitative estimate of drug-likeness (QED) is 0.588. The molecule has 0 bridgehead atoms. The Labute approximate surface area is 192 Å². The number of likely N-dealkylation sites (N-methyl/N-ethyl adjacent to an activating group) is 1. The molecule has 1 amide bonds. The summed E-state index contributed by atoms with van der Waals surface area (Å²) in [5, 5.41) is 5.70. The molecule has 4 rings (SSSR count). The number of anilines is 1. The van der Waals surface area contributed by atoms with Crippen LogP contribution >= 0.6 is 11.3 Å². The molecule has 8 heteroatoms. The second-order valence-corrected chi connectivity index (χ2v) is 8.81. The lowest BCUT2D eigenvalue weighted by atomic mass is 10.0. The minimum Gasteiger partial charge on any atom is -0.369 e. The first-order valence-electron chi connectivity index (χ1n) is 11.0. The van der Waals surface area contributed by atoms with Crippen LogP contribution in [0.4, 0.5) is 10.1 Å². The van der Waals surface area contributed by atoms with E-state index in [1.807, 2.05) is 36.6 Å². The van der Waals surface area contributed by atoms with Gasteiger partial charge in [-0.05, 0) is 43.8 Å². The number of pyridine rings is 1. The zero-order valence-electron chi connectivity index (χ0n) is 18.4. The zero-order chi connectivity index (χ0) is 22.5. The number of aromatic nitrogens is 2. The Hall–Kier alpha value is -2.84. The van der Waals surface area contributed by atoms with Crippen molar-refractivity contribution >= 4 is 22.9 Å². The molecule has 1 aliphatic rings. The summed E-state index contributed by atoms with van der Waals surface area (Å²) in [5.41, 5.74) is 3.29. The molecule has 0 saturated carbocycles. The number of halogens is 1. The predicted molar refractivity (Wildman–Crippen MR) is 126 cm³/mol. The number of benzene rings is 1. The number of hydrogen-bond donors (Lipinski definition) is 1. The molecule has 32 heavy (non-hydrogen) atoms. The average molecular weight is 454 g/mol. The lowest BCUT2D eigenvalue weighted by molar-refractivity contribution is -0.121. The number of rotatable bonds is 7. The van der Waals surface area contributed by atoms with E-state index in [9.17, 15) is 9.18 Å². The lowest BCUT2D eigenvalue weighted by Gasteiger charge is -2.37. The Bertz CT molecular complexity index is 1050. The smallest absolute Gasteiger partial charge is 0.226 e. The second kappa shape index (κ2) is 10.2. The maximum absolute atomic E-state index is 14.1. The molecule has 168 valence electrons. The molecular formula is C24H28FN5OS. The Morgan fingerprint density at radius 1 is 1.22 bits per heavy atom. The van der Waals surface area contributed by atoms with Gasteiger partial charge in [-0.1, -0.05) is 13.0 Å². The van der Waals surface area contributed by atoms with Crippen molar-refractivity contribution < 1.29 is 9.18 Å². The summed E-state index contributed by atoms with van der Waals surface area (Å²) in [6.45, 7) is 8.85. The van der Waals surface area contributed by atoms with Gasteiger partial charge in [0.15, 0.2) is 0 Å². The predicted octanol–water partition coefficient (Wildman–Crippen LogP) is 3.91. The highest BCUT2D eigenvalue weighted by Gasteiger charge is 2.22. The van der Waals surface area contributed by atoms with E-state index < -0.39 is 0 Å². The lowest BCUT2D eigenvalue weighted by Crippen LogP contribution is -2.46. The van der Waals surface area contributed by atoms with Gasteiger partial charge in [-0.15, -0.1) is 11.3 Å². The Kier molecular flexibility index (Phi) is 7.12. The molecule has 1 atom stereocenters. The normalized spacial score (nSPS) is 15.5. The number of hydrogen-bond acceptors (Lipinski definition) is 6. The van der Waals surface area contributed by atoms with Crippen LogP contribution in [0.1, 0.15) is 31.1 Å². The van der Waals surface area contributed by atoms with Crippen LogP contribution < -0.4 is 10.2 Å². The largest absolute Gasteiger partial charge is 0.369 e. The molecular weight excluding hydrogens is 425 g/mol. The van der Waals surface area contributed by atoms with E-state index in [1.165, 1.54) is 23.5 Å². The molecule has 6 nitrogen and oxygen atoms in total. The number of nitrogens with zero attached hydrogens (tertiary/aromatic N) is 4. The number of piperazine rings is 1. The topological polar surface area (TPSA) is 61.4 Å². The fourth-order valence-corrected chi connectivity index (χ4v) is 4.79. The number of thiazole rings is 1. The van der Waals surface area contributed by atoms with Crippen LogP contribution in [-0.2, 0) is 11.2 Å². The molecule has 1 fully saturated rings. The number of carbonyl (C=O) groups is 1. The van der Waals surface area contributed by atoms with Gasteiger partial charge in [0.1, 0.15) is 10.8 Å². The van der Waals surface area contributed by atoms with E-state index in [0.29, 0.717) is 5.69 Å². The first-order valence-corrected chi connectivity index (χ1v) is 11.8. The molecule has 1 unspecified atom stereocenters. The van der Waals surface area contributed by atoms with Gasteiger partial charge < -0.3 is 15.1 Å². The van der Waals surface area contributed by atoms with E-state index in [4.69, 9.17) is 0 Å². The van der Waals surface area contributed by atoms with E-state index in [0.717, 1.165) is 54.7 Å². The molecule has 2 aromatic heterocycles. The molecule has 1 N–H and O–H groups in total. The number of amides is 1. The SMILES string of the molecule is CCN1CCN(c2ccc(F)cc2C(C)NC(=O)Cc2csc(-c3ccccn3)n2)CC1. The molecule has 0 spiro atoms. The van der Waals surface area contributed by atoms with E-state index >= 15 is 0 Å². The van der Waals surface area contributed by atoms with Gasteiger partial charge in [0, 0.05) is 49.0 Å². The highest BCUT2D eigenvalue weighted by molar-refractivity contribution is 7.13. The van der Waals surface area contributed by atoms with Crippen molar-refractivity contribution in [3.8, 4) is 10.7 Å². The summed E-state index contributed by atoms with van der Waals surface area (Å²) in [5.74, 6) is -0.432. The molecule has 3 heterocycles. The first kappa shape index (κ1) is 22.4. The Balaban J connectivity index is 1.42. The minimum absolute atomic E-state index is 0.138. The zero-order valence-corrected chi connectivity index (χ0v) is 19.2. The van der Waals surface area contributed by atoms with Crippen molar-refractivity contribution in [2.75, 3.05) is 37.6 Å². The summed E-state index contributed by atoms with van der Waals surface area (Å²) in [6, 6.07) is 10.2. The van der Waals surface area contributed by atoms with E-state index in [1.54, 1.807) is 6.20 Å². The average Bonchev–Trinajstić information content (AvgIpc) is 3.28. The molecule has 0 aliphatic carbocycles. The fraction of sp³-hybridized carbons (Fsp3) is 0.375. The van der Waals surface area contributed by atoms with Crippen LogP contribution in [-0.4, -0.2) is 53.5 Å². The Morgan fingerprint density at radius 3 is 2.75 bits per heavy atom. The standard InChI is InChI=1S/C24H28FN5OS/c1-3-29-10-12-30(13-11-29)22-8-7-18(25)14-20(22)17(2)27-23(31)15-19-16-32-24(28-19)21-6-4-5-9-26-21/h4-9,14,16-17H,3,10-13,15H2,1-2H3,(H,27,31). The van der Waals surface area contributed by atoms with Gasteiger partial charge in [0.2, 0.25) is 5.91 Å². The summed E-state index contributed by atoms with van der Waals surface area (Å²) >= 11 is 1.47. The third-order valence-electron chi connectivity index (χ3n) is 5.77. The highest BCUT2D eigenvalue weighted by Crippen LogP contribution is 2.29. The third-order valence-corrected chi connectivity index (χ3v) is 6.68. The van der Waals surface area contributed by atoms with Crippen LogP contribution in [0, 0.1) is 5.82 Å². The van der Waals surface area contributed by atoms with Gasteiger partial charge in [0.05, 0.1) is 23.9 Å². The van der Waals surface area contributed by atoms with E-state index in [2.05, 4.69) is 32.0 Å². The summed E-state index contributed by atoms with van der Waals surface area (Å²) in [7, 11) is 0. The van der Waals surface area contributed by atoms with Gasteiger partial charge in [-0.25, -0.2) is 9.37 Å². The molecule has 1 saturated heterocycles. The van der Waals surface area contributed by atoms with Crippen LogP contribution in [0.2, 0.25) is 0 Å². The van der Waals surface area contributed by atoms with Gasteiger partial charge in [0.25, 0.3) is 0 Å². The fourth-order valence-electron chi connectivity index (χ4n) is 4.00. The van der Waals surface area contributed by atoms with Crippen LogP contribution in [0.25, 0.3) is 10.7 Å². The van der Waals surface area contributed by atoms with Gasteiger partial charge in [-0.3, -0.25) is 9.78 Å². The summed E-state index contributed by atoms with van der Waals surface area (Å²) < 4.78 is 14.1. The van der Waals surface area contributed by atoms with Crippen molar-refractivity contribution in [1.82, 2.24) is 20.2 Å². The number of nitrogens with one attached hydrogen (secondary N) is 1. The van der Waals surface area contributed by atoms with Gasteiger partial charge in [-0.2, -0.15) is 0 Å². The maximum atomic E-state index is 14.1. The minimum atomic E-state index is -0.314. The molecule has 1 aliphatic heterocycles. The van der Waals surface area contributed by atoms with Crippen molar-refractivity contribution in [1.29, 1.82) is 0 Å². The molecule has 3 aromatic rings. The first-order chi connectivity index (χ1) is 15.5. The second-order valence-electron chi connectivity index (χ2n) is 7.95. The summed E-state index contributed by atoms with van der Waals surface area (Å²) in [6.07, 6.45) is 1.90. The summed E-state index contributed by atoms with van der Waals surface area (Å²) in [4.78, 5) is 26.3. The van der Waals surface area contributed by atoms with E-state index in [-0.39, 0.29) is 24.2 Å². The third kappa shape index (κ3) is 5.31. The van der Waals surface area contributed by atoms with Crippen molar-refractivity contribution in [3.05, 3.63) is 65.0 Å². The van der Waals surface area contributed by atoms with Crippen molar-refractivity contribution in [3.63, 3.8) is 0 Å². The number of carbonyl (C=O) groups excluding carboxylic acids is 1. The highest BCUT2D eigenvalue weighted by atomic mass is 32.1. The van der Waals surface area contributed by atoms with Crippen LogP contribution in [0.5, 0.6) is 0 Å². The van der Waals surface area contributed by atoms with Crippen LogP contribution in [0.15, 0.2) is 48.0 Å². The van der Waals surface area contributed by atoms with Crippen LogP contribution in [0.3, 0.4) is 0 Å².